The minimum absolute atomic E-state index is 0.540. The molecule has 6 nitrogen and oxygen atoms in total. The SMILES string of the molecule is c1ccc(-c2nc(-c3ccc4c(c3)C(c3ccccc3)(c3ccccc3)c3ccccc3-4)nc(-c3ccc4c(ccc5ccc6nn(-c7ccccc7)nc6c54)c3)n2)cc1. The second-order valence-electron chi connectivity index (χ2n) is 15.3. The second-order valence-corrected chi connectivity index (χ2v) is 15.3. The van der Waals surface area contributed by atoms with Crippen molar-refractivity contribution in [2.24, 2.45) is 0 Å². The summed E-state index contributed by atoms with van der Waals surface area (Å²) < 4.78 is 0. The van der Waals surface area contributed by atoms with Crippen LogP contribution in [0, 0.1) is 0 Å². The molecule has 0 radical (unpaired) electrons. The Balaban J connectivity index is 1.05. The third kappa shape index (κ3) is 5.24. The fourth-order valence-electron chi connectivity index (χ4n) is 9.28. The van der Waals surface area contributed by atoms with Crippen LogP contribution in [0.3, 0.4) is 0 Å². The van der Waals surface area contributed by atoms with Crippen LogP contribution in [-0.4, -0.2) is 29.9 Å². The Morgan fingerprint density at radius 2 is 0.933 bits per heavy atom. The maximum Gasteiger partial charge on any atom is 0.164 e. The number of hydrogen-bond donors (Lipinski definition) is 0. The van der Waals surface area contributed by atoms with Crippen LogP contribution in [0.5, 0.6) is 0 Å². The van der Waals surface area contributed by atoms with Crippen LogP contribution in [0.15, 0.2) is 206 Å². The van der Waals surface area contributed by atoms with E-state index in [-0.39, 0.29) is 0 Å². The van der Waals surface area contributed by atoms with Crippen molar-refractivity contribution in [3.63, 3.8) is 0 Å². The molecule has 0 spiro atoms. The summed E-state index contributed by atoms with van der Waals surface area (Å²) in [6.45, 7) is 0. The van der Waals surface area contributed by atoms with Gasteiger partial charge in [-0.15, -0.1) is 10.2 Å². The standard InChI is InChI=1S/C54H34N6/c1-5-15-36(16-6-1)51-55-52(38-27-30-43-37(33-38)26-25-35-29-32-48-50(49(35)43)59-60(58-48)42-21-11-4-12-22-42)57-53(56-51)39-28-31-45-44-23-13-14-24-46(44)54(47(45)34-39,40-17-7-2-8-18-40)41-19-9-3-10-20-41/h1-34H. The summed E-state index contributed by atoms with van der Waals surface area (Å²) in [5, 5.41) is 14.2. The van der Waals surface area contributed by atoms with E-state index >= 15 is 0 Å². The Kier molecular flexibility index (Phi) is 7.65. The lowest BCUT2D eigenvalue weighted by Gasteiger charge is -2.34. The third-order valence-electron chi connectivity index (χ3n) is 12.0. The van der Waals surface area contributed by atoms with Crippen LogP contribution in [-0.2, 0) is 5.41 Å². The Bertz CT molecular complexity index is 3380. The van der Waals surface area contributed by atoms with Gasteiger partial charge in [0.05, 0.1) is 11.1 Å². The Morgan fingerprint density at radius 1 is 0.383 bits per heavy atom. The average Bonchev–Trinajstić information content (AvgIpc) is 3.90. The maximum absolute atomic E-state index is 5.28. The molecule has 1 aliphatic rings. The lowest BCUT2D eigenvalue weighted by Crippen LogP contribution is -2.28. The average molecular weight is 767 g/mol. The first-order valence-corrected chi connectivity index (χ1v) is 20.2. The van der Waals surface area contributed by atoms with Gasteiger partial charge in [-0.1, -0.05) is 176 Å². The predicted octanol–water partition coefficient (Wildman–Crippen LogP) is 12.3. The van der Waals surface area contributed by atoms with E-state index in [0.717, 1.165) is 55.0 Å². The lowest BCUT2D eigenvalue weighted by molar-refractivity contribution is 0.766. The summed E-state index contributed by atoms with van der Waals surface area (Å²) in [5.74, 6) is 1.84. The Morgan fingerprint density at radius 3 is 1.65 bits per heavy atom. The van der Waals surface area contributed by atoms with E-state index in [1.807, 2.05) is 54.6 Å². The molecular formula is C54H34N6. The first kappa shape index (κ1) is 34.0. The van der Waals surface area contributed by atoms with E-state index in [9.17, 15) is 0 Å². The molecule has 0 fully saturated rings. The highest BCUT2D eigenvalue weighted by Gasteiger charge is 2.46. The van der Waals surface area contributed by atoms with Gasteiger partial charge in [0.15, 0.2) is 17.5 Å². The summed E-state index contributed by atoms with van der Waals surface area (Å²) in [4.78, 5) is 17.3. The third-order valence-corrected chi connectivity index (χ3v) is 12.0. The quantitative estimate of drug-likeness (QED) is 0.158. The molecule has 9 aromatic carbocycles. The maximum atomic E-state index is 5.28. The normalized spacial score (nSPS) is 12.8. The summed E-state index contributed by atoms with van der Waals surface area (Å²) in [5.41, 5.74) is 12.2. The number of nitrogens with zero attached hydrogens (tertiary/aromatic N) is 6. The number of benzene rings is 9. The first-order chi connectivity index (χ1) is 29.7. The van der Waals surface area contributed by atoms with Gasteiger partial charge in [0.2, 0.25) is 0 Å². The minimum Gasteiger partial charge on any atom is -0.208 e. The van der Waals surface area contributed by atoms with Gasteiger partial charge in [-0.3, -0.25) is 0 Å². The molecule has 11 aromatic rings. The molecular weight excluding hydrogens is 733 g/mol. The molecule has 0 N–H and O–H groups in total. The molecule has 60 heavy (non-hydrogen) atoms. The summed E-state index contributed by atoms with van der Waals surface area (Å²) in [6.07, 6.45) is 0. The van der Waals surface area contributed by atoms with Crippen molar-refractivity contribution in [3.8, 4) is 51.0 Å². The number of hydrogen-bond acceptors (Lipinski definition) is 5. The molecule has 2 heterocycles. The van der Waals surface area contributed by atoms with Crippen molar-refractivity contribution < 1.29 is 0 Å². The minimum atomic E-state index is -0.540. The molecule has 12 rings (SSSR count). The number of aromatic nitrogens is 6. The number of para-hydroxylation sites is 1. The molecule has 6 heteroatoms. The summed E-state index contributed by atoms with van der Waals surface area (Å²) in [7, 11) is 0. The topological polar surface area (TPSA) is 69.4 Å². The van der Waals surface area contributed by atoms with Gasteiger partial charge < -0.3 is 0 Å². The van der Waals surface area contributed by atoms with E-state index in [1.54, 1.807) is 4.80 Å². The second kappa shape index (κ2) is 13.5. The molecule has 2 aromatic heterocycles. The summed E-state index contributed by atoms with van der Waals surface area (Å²) in [6, 6.07) is 72.4. The zero-order valence-corrected chi connectivity index (χ0v) is 32.3. The van der Waals surface area contributed by atoms with Crippen LogP contribution in [0.1, 0.15) is 22.3 Å². The fraction of sp³-hybridized carbons (Fsp3) is 0.0185. The Labute approximate surface area is 346 Å². The van der Waals surface area contributed by atoms with Gasteiger partial charge in [-0.2, -0.15) is 4.80 Å². The van der Waals surface area contributed by atoms with Crippen molar-refractivity contribution >= 4 is 32.6 Å². The molecule has 0 bridgehead atoms. The molecule has 0 aliphatic heterocycles. The van der Waals surface area contributed by atoms with Gasteiger partial charge in [-0.05, 0) is 79.9 Å². The van der Waals surface area contributed by atoms with Gasteiger partial charge in [0.25, 0.3) is 0 Å². The predicted molar refractivity (Wildman–Crippen MR) is 241 cm³/mol. The first-order valence-electron chi connectivity index (χ1n) is 20.2. The number of rotatable bonds is 6. The highest BCUT2D eigenvalue weighted by atomic mass is 15.5. The molecule has 0 unspecified atom stereocenters. The molecule has 0 amide bonds. The van der Waals surface area contributed by atoms with Crippen LogP contribution < -0.4 is 0 Å². The zero-order valence-electron chi connectivity index (χ0n) is 32.3. The highest BCUT2D eigenvalue weighted by Crippen LogP contribution is 2.56. The van der Waals surface area contributed by atoms with E-state index in [2.05, 4.69) is 152 Å². The summed E-state index contributed by atoms with van der Waals surface area (Å²) >= 11 is 0. The monoisotopic (exact) mass is 766 g/mol. The lowest BCUT2D eigenvalue weighted by atomic mass is 9.67. The molecule has 0 saturated heterocycles. The fourth-order valence-corrected chi connectivity index (χ4v) is 9.28. The van der Waals surface area contributed by atoms with E-state index in [0.29, 0.717) is 17.5 Å². The Hall–Kier alpha value is -8.09. The van der Waals surface area contributed by atoms with Gasteiger partial charge in [0.1, 0.15) is 11.0 Å². The van der Waals surface area contributed by atoms with E-state index < -0.39 is 5.41 Å². The van der Waals surface area contributed by atoms with Crippen LogP contribution in [0.25, 0.3) is 83.6 Å². The molecule has 1 aliphatic carbocycles. The molecule has 0 saturated carbocycles. The van der Waals surface area contributed by atoms with E-state index in [4.69, 9.17) is 25.1 Å². The van der Waals surface area contributed by atoms with Crippen molar-refractivity contribution in [1.82, 2.24) is 29.9 Å². The van der Waals surface area contributed by atoms with Crippen molar-refractivity contribution in [2.75, 3.05) is 0 Å². The molecule has 0 atom stereocenters. The van der Waals surface area contributed by atoms with Crippen molar-refractivity contribution in [3.05, 3.63) is 229 Å². The van der Waals surface area contributed by atoms with Crippen molar-refractivity contribution in [1.29, 1.82) is 0 Å². The van der Waals surface area contributed by atoms with Crippen LogP contribution in [0.2, 0.25) is 0 Å². The van der Waals surface area contributed by atoms with Crippen LogP contribution >= 0.6 is 0 Å². The largest absolute Gasteiger partial charge is 0.208 e. The van der Waals surface area contributed by atoms with Gasteiger partial charge in [0, 0.05) is 22.1 Å². The van der Waals surface area contributed by atoms with Crippen LogP contribution in [0.4, 0.5) is 0 Å². The van der Waals surface area contributed by atoms with Gasteiger partial charge in [-0.25, -0.2) is 15.0 Å². The smallest absolute Gasteiger partial charge is 0.164 e. The molecule has 280 valence electrons. The number of fused-ring (bicyclic) bond motifs is 8. The van der Waals surface area contributed by atoms with Gasteiger partial charge >= 0.3 is 0 Å². The van der Waals surface area contributed by atoms with E-state index in [1.165, 1.54) is 33.4 Å². The highest BCUT2D eigenvalue weighted by molar-refractivity contribution is 6.18. The zero-order chi connectivity index (χ0) is 39.6. The van der Waals surface area contributed by atoms with Crippen molar-refractivity contribution in [2.45, 2.75) is 5.41 Å².